The highest BCUT2D eigenvalue weighted by Gasteiger charge is 2.12. The van der Waals surface area contributed by atoms with Crippen LogP contribution in [0.3, 0.4) is 0 Å². The second-order valence-electron chi connectivity index (χ2n) is 5.14. The molecule has 0 fully saturated rings. The third-order valence-corrected chi connectivity index (χ3v) is 4.20. The van der Waals surface area contributed by atoms with E-state index in [1.165, 1.54) is 18.0 Å². The molecule has 0 aliphatic rings. The van der Waals surface area contributed by atoms with E-state index in [1.54, 1.807) is 4.68 Å². The Hall–Kier alpha value is -2.61. The van der Waals surface area contributed by atoms with E-state index in [9.17, 15) is 9.59 Å². The van der Waals surface area contributed by atoms with Gasteiger partial charge in [-0.25, -0.2) is 9.67 Å². The van der Waals surface area contributed by atoms with E-state index in [0.717, 1.165) is 12.1 Å². The van der Waals surface area contributed by atoms with E-state index < -0.39 is 0 Å². The first-order valence-corrected chi connectivity index (χ1v) is 8.60. The van der Waals surface area contributed by atoms with Gasteiger partial charge < -0.3 is 10.3 Å². The molecule has 1 aromatic carbocycles. The number of nitrogens with one attached hydrogen (secondary N) is 2. The zero-order valence-electron chi connectivity index (χ0n) is 13.2. The lowest BCUT2D eigenvalue weighted by Crippen LogP contribution is -2.25. The summed E-state index contributed by atoms with van der Waals surface area (Å²) in [6.07, 6.45) is 2.38. The minimum absolute atomic E-state index is 0.0823. The van der Waals surface area contributed by atoms with Crippen LogP contribution in [0.2, 0.25) is 0 Å². The van der Waals surface area contributed by atoms with E-state index in [2.05, 4.69) is 20.4 Å². The molecule has 0 saturated heterocycles. The van der Waals surface area contributed by atoms with Crippen LogP contribution in [0.15, 0.2) is 46.5 Å². The van der Waals surface area contributed by atoms with E-state index in [4.69, 9.17) is 0 Å². The maximum atomic E-state index is 12.2. The Kier molecular flexibility index (Phi) is 4.95. The molecule has 0 aliphatic heterocycles. The lowest BCUT2D eigenvalue weighted by molar-refractivity contribution is -0.118. The summed E-state index contributed by atoms with van der Waals surface area (Å²) in [5.74, 6) is 0.120. The maximum Gasteiger partial charge on any atom is 0.262 e. The van der Waals surface area contributed by atoms with Crippen molar-refractivity contribution >= 4 is 28.7 Å². The van der Waals surface area contributed by atoms with Crippen LogP contribution in [0.1, 0.15) is 13.3 Å². The monoisotopic (exact) mass is 343 g/mol. The number of fused-ring (bicyclic) bond motifs is 1. The van der Waals surface area contributed by atoms with Crippen molar-refractivity contribution in [2.45, 2.75) is 18.5 Å². The largest absolute Gasteiger partial charge is 0.355 e. The number of para-hydroxylation sites is 1. The summed E-state index contributed by atoms with van der Waals surface area (Å²) < 4.78 is 1.62. The molecule has 0 aliphatic carbocycles. The van der Waals surface area contributed by atoms with Gasteiger partial charge in [-0.05, 0) is 18.6 Å². The molecular formula is C16H17N5O2S. The minimum atomic E-state index is -0.265. The van der Waals surface area contributed by atoms with Crippen LogP contribution < -0.4 is 10.9 Å². The molecule has 2 aromatic heterocycles. The van der Waals surface area contributed by atoms with Crippen molar-refractivity contribution in [1.29, 1.82) is 0 Å². The average molecular weight is 343 g/mol. The normalized spacial score (nSPS) is 10.9. The number of thioether (sulfide) groups is 1. The summed E-state index contributed by atoms with van der Waals surface area (Å²) in [7, 11) is 0. The van der Waals surface area contributed by atoms with Crippen LogP contribution in [0, 0.1) is 0 Å². The Morgan fingerprint density at radius 3 is 2.88 bits per heavy atom. The Labute approximate surface area is 142 Å². The van der Waals surface area contributed by atoms with Gasteiger partial charge in [0.1, 0.15) is 5.39 Å². The number of hydrogen-bond donors (Lipinski definition) is 2. The molecular weight excluding hydrogens is 326 g/mol. The predicted octanol–water partition coefficient (Wildman–Crippen LogP) is 1.73. The van der Waals surface area contributed by atoms with Crippen LogP contribution in [-0.4, -0.2) is 38.0 Å². The Bertz CT molecular complexity index is 904. The lowest BCUT2D eigenvalue weighted by atomic mass is 10.3. The van der Waals surface area contributed by atoms with E-state index >= 15 is 0 Å². The van der Waals surface area contributed by atoms with Gasteiger partial charge >= 0.3 is 0 Å². The number of carbonyl (C=O) groups is 1. The maximum absolute atomic E-state index is 12.2. The summed E-state index contributed by atoms with van der Waals surface area (Å²) in [4.78, 5) is 31.0. The van der Waals surface area contributed by atoms with Crippen LogP contribution in [0.5, 0.6) is 0 Å². The van der Waals surface area contributed by atoms with Crippen molar-refractivity contribution < 1.29 is 4.79 Å². The highest BCUT2D eigenvalue weighted by atomic mass is 32.2. The topological polar surface area (TPSA) is 92.7 Å². The molecule has 2 heterocycles. The fourth-order valence-corrected chi connectivity index (χ4v) is 2.86. The van der Waals surface area contributed by atoms with Gasteiger partial charge in [-0.2, -0.15) is 5.10 Å². The minimum Gasteiger partial charge on any atom is -0.355 e. The molecule has 124 valence electrons. The summed E-state index contributed by atoms with van der Waals surface area (Å²) in [5, 5.41) is 7.85. The third-order valence-electron chi connectivity index (χ3n) is 3.33. The smallest absolute Gasteiger partial charge is 0.262 e. The van der Waals surface area contributed by atoms with Gasteiger partial charge in [0.25, 0.3) is 5.56 Å². The van der Waals surface area contributed by atoms with Crippen LogP contribution in [0.25, 0.3) is 16.7 Å². The van der Waals surface area contributed by atoms with E-state index in [1.807, 2.05) is 37.3 Å². The molecule has 0 atom stereocenters. The Morgan fingerprint density at radius 1 is 1.33 bits per heavy atom. The van der Waals surface area contributed by atoms with Gasteiger partial charge in [-0.1, -0.05) is 36.9 Å². The average Bonchev–Trinajstić information content (AvgIpc) is 3.03. The van der Waals surface area contributed by atoms with Crippen molar-refractivity contribution in [3.63, 3.8) is 0 Å². The van der Waals surface area contributed by atoms with Gasteiger partial charge in [0.15, 0.2) is 10.8 Å². The zero-order valence-corrected chi connectivity index (χ0v) is 14.0. The van der Waals surface area contributed by atoms with E-state index in [-0.39, 0.29) is 17.2 Å². The first kappa shape index (κ1) is 16.3. The number of H-pyrrole nitrogens is 1. The first-order chi connectivity index (χ1) is 11.7. The van der Waals surface area contributed by atoms with Crippen LogP contribution in [0.4, 0.5) is 0 Å². The molecule has 2 N–H and O–H groups in total. The molecule has 0 saturated carbocycles. The molecule has 0 radical (unpaired) electrons. The van der Waals surface area contributed by atoms with Crippen molar-refractivity contribution in [3.05, 3.63) is 46.9 Å². The van der Waals surface area contributed by atoms with Crippen molar-refractivity contribution in [2.24, 2.45) is 0 Å². The number of amides is 1. The number of hydrogen-bond acceptors (Lipinski definition) is 5. The molecule has 3 rings (SSSR count). The Morgan fingerprint density at radius 2 is 2.12 bits per heavy atom. The molecule has 3 aromatic rings. The molecule has 7 nitrogen and oxygen atoms in total. The number of benzene rings is 1. The van der Waals surface area contributed by atoms with Crippen molar-refractivity contribution in [1.82, 2.24) is 25.1 Å². The number of carbonyl (C=O) groups excluding carboxylic acids is 1. The van der Waals surface area contributed by atoms with E-state index in [0.29, 0.717) is 22.7 Å². The summed E-state index contributed by atoms with van der Waals surface area (Å²) in [6.45, 7) is 2.63. The fraction of sp³-hybridized carbons (Fsp3) is 0.250. The molecule has 24 heavy (non-hydrogen) atoms. The predicted molar refractivity (Wildman–Crippen MR) is 93.5 cm³/mol. The molecule has 0 spiro atoms. The standard InChI is InChI=1S/C16H17N5O2S/c1-2-8-17-13(22)10-24-16-19-14-12(15(23)20-16)9-18-21(14)11-6-4-3-5-7-11/h3-7,9H,2,8,10H2,1H3,(H,17,22)(H,19,20,23). The Balaban J connectivity index is 1.88. The number of rotatable bonds is 6. The van der Waals surface area contributed by atoms with Crippen LogP contribution in [-0.2, 0) is 4.79 Å². The zero-order chi connectivity index (χ0) is 16.9. The molecule has 8 heteroatoms. The van der Waals surface area contributed by atoms with Gasteiger partial charge in [0.05, 0.1) is 17.6 Å². The molecule has 1 amide bonds. The van der Waals surface area contributed by atoms with Gasteiger partial charge in [0.2, 0.25) is 5.91 Å². The second-order valence-corrected chi connectivity index (χ2v) is 6.10. The second kappa shape index (κ2) is 7.31. The van der Waals surface area contributed by atoms with Gasteiger partial charge in [0, 0.05) is 6.54 Å². The van der Waals surface area contributed by atoms with Gasteiger partial charge in [-0.3, -0.25) is 9.59 Å². The summed E-state index contributed by atoms with van der Waals surface area (Å²) in [5.41, 5.74) is 1.03. The first-order valence-electron chi connectivity index (χ1n) is 7.62. The number of aromatic amines is 1. The number of aromatic nitrogens is 4. The lowest BCUT2D eigenvalue weighted by Gasteiger charge is -2.05. The molecule has 0 bridgehead atoms. The fourth-order valence-electron chi connectivity index (χ4n) is 2.17. The highest BCUT2D eigenvalue weighted by Crippen LogP contribution is 2.17. The van der Waals surface area contributed by atoms with Crippen molar-refractivity contribution in [2.75, 3.05) is 12.3 Å². The number of nitrogens with zero attached hydrogens (tertiary/aromatic N) is 3. The third kappa shape index (κ3) is 3.48. The highest BCUT2D eigenvalue weighted by molar-refractivity contribution is 7.99. The van der Waals surface area contributed by atoms with Crippen molar-refractivity contribution in [3.8, 4) is 5.69 Å². The summed E-state index contributed by atoms with van der Waals surface area (Å²) >= 11 is 1.20. The molecule has 0 unspecified atom stereocenters. The van der Waals surface area contributed by atoms with Crippen LogP contribution >= 0.6 is 11.8 Å². The SMILES string of the molecule is CCCNC(=O)CSc1nc2c(cnn2-c2ccccc2)c(=O)[nH]1. The van der Waals surface area contributed by atoms with Gasteiger partial charge in [-0.15, -0.1) is 0 Å². The quantitative estimate of drug-likeness (QED) is 0.525. The summed E-state index contributed by atoms with van der Waals surface area (Å²) in [6, 6.07) is 9.47.